The van der Waals surface area contributed by atoms with Crippen molar-refractivity contribution in [3.8, 4) is 0 Å². The van der Waals surface area contributed by atoms with Gasteiger partial charge in [0, 0.05) is 6.42 Å². The second-order valence-corrected chi connectivity index (χ2v) is 7.68. The molecule has 0 rings (SSSR count). The number of carbonyl (C=O) groups excluding carboxylic acids is 1. The van der Waals surface area contributed by atoms with E-state index in [0.717, 1.165) is 0 Å². The summed E-state index contributed by atoms with van der Waals surface area (Å²) in [6.45, 7) is 10.4. The number of aliphatic hydroxyl groups excluding tert-OH is 1. The van der Waals surface area contributed by atoms with Crippen LogP contribution in [0.25, 0.3) is 0 Å². The van der Waals surface area contributed by atoms with Crippen LogP contribution in [0.4, 0.5) is 0 Å². The Morgan fingerprint density at radius 1 is 0.359 bits per heavy atom. The van der Waals surface area contributed by atoms with Gasteiger partial charge in [-0.15, -0.1) is 0 Å². The van der Waals surface area contributed by atoms with Crippen LogP contribution in [0.2, 0.25) is 0 Å². The Morgan fingerprint density at radius 3 is 0.718 bits per heavy atom. The Kier molecular flexibility index (Phi) is 34.1. The van der Waals surface area contributed by atoms with Crippen molar-refractivity contribution in [3.05, 3.63) is 0 Å². The average molecular weight is 574 g/mol. The Bertz CT molecular complexity index is 477. The number of hydrogen-bond donors (Lipinski definition) is 2. The molecule has 14 nitrogen and oxygen atoms in total. The average Bonchev–Trinajstić information content (AvgIpc) is 2.93. The molecule has 234 valence electrons. The van der Waals surface area contributed by atoms with E-state index < -0.39 is 0 Å². The molecule has 0 aliphatic carbocycles. The normalized spacial score (nSPS) is 11.4. The van der Waals surface area contributed by atoms with Gasteiger partial charge in [0.05, 0.1) is 152 Å². The molecule has 0 spiro atoms. The van der Waals surface area contributed by atoms with Crippen LogP contribution in [0.3, 0.4) is 0 Å². The van der Waals surface area contributed by atoms with Gasteiger partial charge in [-0.3, -0.25) is 4.79 Å². The maximum Gasteiger partial charge on any atom is 0.219 e. The lowest BCUT2D eigenvalue weighted by Gasteiger charge is -2.09. The highest BCUT2D eigenvalue weighted by atomic mass is 16.6. The fourth-order valence-corrected chi connectivity index (χ4v) is 2.54. The second-order valence-electron chi connectivity index (χ2n) is 7.68. The topological polar surface area (TPSA) is 165 Å². The fourth-order valence-electron chi connectivity index (χ4n) is 2.54. The molecule has 0 unspecified atom stereocenters. The van der Waals surface area contributed by atoms with Crippen LogP contribution in [0, 0.1) is 0 Å². The summed E-state index contributed by atoms with van der Waals surface area (Å²) in [5.41, 5.74) is 5.01. The smallest absolute Gasteiger partial charge is 0.219 e. The van der Waals surface area contributed by atoms with Crippen molar-refractivity contribution in [1.82, 2.24) is 0 Å². The molecule has 0 saturated heterocycles. The summed E-state index contributed by atoms with van der Waals surface area (Å²) in [5, 5.41) is 8.56. The first-order chi connectivity index (χ1) is 19.3. The largest absolute Gasteiger partial charge is 0.394 e. The van der Waals surface area contributed by atoms with Gasteiger partial charge in [0.2, 0.25) is 5.91 Å². The summed E-state index contributed by atoms with van der Waals surface area (Å²) in [7, 11) is 0. The van der Waals surface area contributed by atoms with Crippen LogP contribution in [-0.2, 0) is 56.9 Å². The van der Waals surface area contributed by atoms with E-state index in [1.54, 1.807) is 0 Å². The number of nitrogens with two attached hydrogens (primary N) is 1. The number of primary amides is 1. The molecular formula is C25H51NO13. The molecule has 0 aromatic rings. The van der Waals surface area contributed by atoms with Crippen LogP contribution < -0.4 is 5.73 Å². The zero-order valence-corrected chi connectivity index (χ0v) is 23.4. The Balaban J connectivity index is 3.02. The second kappa shape index (κ2) is 35.0. The fraction of sp³-hybridized carbons (Fsp3) is 0.960. The first kappa shape index (κ1) is 38.0. The molecule has 0 saturated carbocycles. The predicted molar refractivity (Wildman–Crippen MR) is 140 cm³/mol. The molecule has 0 fully saturated rings. The first-order valence-electron chi connectivity index (χ1n) is 13.5. The van der Waals surface area contributed by atoms with Gasteiger partial charge in [0.15, 0.2) is 0 Å². The Morgan fingerprint density at radius 2 is 0.538 bits per heavy atom. The lowest BCUT2D eigenvalue weighted by Crippen LogP contribution is -2.16. The van der Waals surface area contributed by atoms with Gasteiger partial charge in [-0.2, -0.15) is 0 Å². The summed E-state index contributed by atoms with van der Waals surface area (Å²) in [6, 6.07) is 0. The van der Waals surface area contributed by atoms with E-state index in [9.17, 15) is 4.79 Å². The van der Waals surface area contributed by atoms with E-state index in [-0.39, 0.29) is 18.9 Å². The highest BCUT2D eigenvalue weighted by molar-refractivity contribution is 5.73. The quantitative estimate of drug-likeness (QED) is 0.0891. The number of hydrogen-bond acceptors (Lipinski definition) is 13. The molecule has 39 heavy (non-hydrogen) atoms. The third-order valence-electron chi connectivity index (χ3n) is 4.45. The molecule has 0 radical (unpaired) electrons. The molecule has 0 aliphatic rings. The van der Waals surface area contributed by atoms with E-state index in [1.165, 1.54) is 0 Å². The molecule has 14 heteroatoms. The van der Waals surface area contributed by atoms with E-state index in [0.29, 0.717) is 145 Å². The summed E-state index contributed by atoms with van der Waals surface area (Å²) < 4.78 is 58.8. The maximum atomic E-state index is 10.5. The third kappa shape index (κ3) is 37.0. The van der Waals surface area contributed by atoms with Crippen LogP contribution in [0.5, 0.6) is 0 Å². The van der Waals surface area contributed by atoms with Crippen molar-refractivity contribution in [2.45, 2.75) is 6.42 Å². The number of aliphatic hydroxyl groups is 1. The first-order valence-corrected chi connectivity index (χ1v) is 13.5. The minimum Gasteiger partial charge on any atom is -0.394 e. The Hall–Kier alpha value is -1.01. The van der Waals surface area contributed by atoms with Crippen LogP contribution in [-0.4, -0.2) is 163 Å². The molecule has 0 heterocycles. The molecule has 3 N–H and O–H groups in total. The van der Waals surface area contributed by atoms with E-state index in [4.69, 9.17) is 62.9 Å². The lowest BCUT2D eigenvalue weighted by atomic mass is 10.4. The summed E-state index contributed by atoms with van der Waals surface area (Å²) in [5.74, 6) is -0.375. The zero-order valence-electron chi connectivity index (χ0n) is 23.4. The SMILES string of the molecule is NC(=O)CCOCCOCCOCCOCCOCCOCCOCCOCCOCCOCCOCCO. The number of ether oxygens (including phenoxy) is 11. The third-order valence-corrected chi connectivity index (χ3v) is 4.45. The van der Waals surface area contributed by atoms with E-state index in [2.05, 4.69) is 0 Å². The molecule has 1 amide bonds. The van der Waals surface area contributed by atoms with Crippen molar-refractivity contribution in [1.29, 1.82) is 0 Å². The van der Waals surface area contributed by atoms with Crippen molar-refractivity contribution < 1.29 is 62.0 Å². The van der Waals surface area contributed by atoms with Crippen molar-refractivity contribution >= 4 is 5.91 Å². The van der Waals surface area contributed by atoms with E-state index >= 15 is 0 Å². The highest BCUT2D eigenvalue weighted by Gasteiger charge is 1.97. The van der Waals surface area contributed by atoms with Crippen LogP contribution in [0.1, 0.15) is 6.42 Å². The molecule has 0 bridgehead atoms. The van der Waals surface area contributed by atoms with E-state index in [1.807, 2.05) is 0 Å². The van der Waals surface area contributed by atoms with Gasteiger partial charge < -0.3 is 62.9 Å². The standard InChI is InChI=1S/C25H51NO13/c26-25(28)1-3-29-5-7-31-9-11-33-13-15-35-17-19-37-21-23-39-24-22-38-20-18-36-16-14-34-12-10-32-8-6-30-4-2-27/h27H,1-24H2,(H2,26,28). The highest BCUT2D eigenvalue weighted by Crippen LogP contribution is 1.87. The predicted octanol–water partition coefficient (Wildman–Crippen LogP) is -0.963. The van der Waals surface area contributed by atoms with Gasteiger partial charge in [0.25, 0.3) is 0 Å². The lowest BCUT2D eigenvalue weighted by molar-refractivity contribution is -0.119. The van der Waals surface area contributed by atoms with Crippen LogP contribution >= 0.6 is 0 Å². The summed E-state index contributed by atoms with van der Waals surface area (Å²) >= 11 is 0. The molecular weight excluding hydrogens is 522 g/mol. The van der Waals surface area contributed by atoms with Gasteiger partial charge in [-0.05, 0) is 0 Å². The number of rotatable bonds is 35. The molecule has 0 atom stereocenters. The van der Waals surface area contributed by atoms with Gasteiger partial charge in [-0.25, -0.2) is 0 Å². The van der Waals surface area contributed by atoms with Gasteiger partial charge >= 0.3 is 0 Å². The van der Waals surface area contributed by atoms with Crippen molar-refractivity contribution in [3.63, 3.8) is 0 Å². The summed E-state index contributed by atoms with van der Waals surface area (Å²) in [4.78, 5) is 10.5. The minimum atomic E-state index is -0.375. The molecule has 0 aliphatic heterocycles. The maximum absolute atomic E-state index is 10.5. The van der Waals surface area contributed by atoms with Gasteiger partial charge in [0.1, 0.15) is 0 Å². The Labute approximate surface area is 232 Å². The summed E-state index contributed by atoms with van der Waals surface area (Å²) in [6.07, 6.45) is 0.220. The number of amides is 1. The minimum absolute atomic E-state index is 0.0228. The molecule has 0 aromatic carbocycles. The zero-order chi connectivity index (χ0) is 28.3. The van der Waals surface area contributed by atoms with Crippen molar-refractivity contribution in [2.75, 3.05) is 152 Å². The van der Waals surface area contributed by atoms with Gasteiger partial charge in [-0.1, -0.05) is 0 Å². The van der Waals surface area contributed by atoms with Crippen molar-refractivity contribution in [2.24, 2.45) is 5.73 Å². The van der Waals surface area contributed by atoms with Crippen LogP contribution in [0.15, 0.2) is 0 Å². The molecule has 0 aromatic heterocycles. The monoisotopic (exact) mass is 573 g/mol. The number of carbonyl (C=O) groups is 1.